The maximum absolute atomic E-state index is 11.8. The van der Waals surface area contributed by atoms with Gasteiger partial charge in [-0.15, -0.1) is 0 Å². The summed E-state index contributed by atoms with van der Waals surface area (Å²) in [5, 5.41) is 0. The van der Waals surface area contributed by atoms with Crippen molar-refractivity contribution >= 4 is 23.6 Å². The zero-order valence-corrected chi connectivity index (χ0v) is 13.5. The molecular formula is C15H24N2O3S. The van der Waals surface area contributed by atoms with Gasteiger partial charge in [-0.2, -0.15) is 11.8 Å². The van der Waals surface area contributed by atoms with Crippen molar-refractivity contribution in [3.05, 3.63) is 0 Å². The summed E-state index contributed by atoms with van der Waals surface area (Å²) >= 11 is 1.57. The van der Waals surface area contributed by atoms with E-state index in [1.807, 2.05) is 16.1 Å². The summed E-state index contributed by atoms with van der Waals surface area (Å²) in [5.74, 6) is 1.55. The van der Waals surface area contributed by atoms with E-state index in [0.717, 1.165) is 52.0 Å². The maximum atomic E-state index is 11.8. The monoisotopic (exact) mass is 312 g/mol. The smallest absolute Gasteiger partial charge is 0.232 e. The second kappa shape index (κ2) is 6.16. The number of ether oxygens (including phenoxy) is 1. The number of carbonyl (C=O) groups excluding carboxylic acids is 2. The van der Waals surface area contributed by atoms with E-state index in [2.05, 4.69) is 0 Å². The molecule has 1 atom stereocenters. The molecule has 3 rings (SSSR count). The van der Waals surface area contributed by atoms with Crippen molar-refractivity contribution in [3.63, 3.8) is 0 Å². The summed E-state index contributed by atoms with van der Waals surface area (Å²) in [7, 11) is 0. The van der Waals surface area contributed by atoms with Crippen LogP contribution in [0.25, 0.3) is 0 Å². The molecule has 0 N–H and O–H groups in total. The summed E-state index contributed by atoms with van der Waals surface area (Å²) < 4.78 is 6.08. The van der Waals surface area contributed by atoms with Crippen molar-refractivity contribution in [2.75, 3.05) is 44.8 Å². The number of rotatable bonds is 4. The molecule has 0 aliphatic carbocycles. The Morgan fingerprint density at radius 2 is 2.29 bits per heavy atom. The van der Waals surface area contributed by atoms with Crippen molar-refractivity contribution in [3.8, 4) is 0 Å². The fourth-order valence-electron chi connectivity index (χ4n) is 3.56. The molecule has 3 saturated heterocycles. The van der Waals surface area contributed by atoms with Crippen LogP contribution >= 0.6 is 11.8 Å². The molecule has 118 valence electrons. The Bertz CT molecular complexity index is 413. The quantitative estimate of drug-likeness (QED) is 0.776. The molecule has 0 aromatic carbocycles. The minimum Gasteiger partial charge on any atom is -0.371 e. The number of hydrogen-bond donors (Lipinski definition) is 0. The van der Waals surface area contributed by atoms with Gasteiger partial charge in [-0.1, -0.05) is 0 Å². The molecule has 1 unspecified atom stereocenters. The molecule has 0 bridgehead atoms. The highest BCUT2D eigenvalue weighted by molar-refractivity contribution is 7.99. The average Bonchev–Trinajstić information content (AvgIpc) is 2.83. The van der Waals surface area contributed by atoms with Crippen LogP contribution in [-0.2, 0) is 14.3 Å². The zero-order valence-electron chi connectivity index (χ0n) is 12.7. The van der Waals surface area contributed by atoms with Crippen molar-refractivity contribution in [1.82, 2.24) is 9.80 Å². The third kappa shape index (κ3) is 3.21. The molecule has 0 radical (unpaired) electrons. The van der Waals surface area contributed by atoms with E-state index in [4.69, 9.17) is 4.74 Å². The van der Waals surface area contributed by atoms with Gasteiger partial charge in [0.15, 0.2) is 0 Å². The molecule has 3 heterocycles. The van der Waals surface area contributed by atoms with Crippen LogP contribution in [0.15, 0.2) is 0 Å². The molecule has 0 aromatic heterocycles. The fraction of sp³-hybridized carbons (Fsp3) is 0.867. The number of amides is 2. The van der Waals surface area contributed by atoms with E-state index in [1.165, 1.54) is 0 Å². The topological polar surface area (TPSA) is 49.9 Å². The van der Waals surface area contributed by atoms with Gasteiger partial charge >= 0.3 is 0 Å². The van der Waals surface area contributed by atoms with Gasteiger partial charge < -0.3 is 14.5 Å². The lowest BCUT2D eigenvalue weighted by Crippen LogP contribution is -2.66. The zero-order chi connectivity index (χ0) is 14.9. The van der Waals surface area contributed by atoms with Gasteiger partial charge in [0.05, 0.1) is 25.4 Å². The molecule has 3 aliphatic rings. The first kappa shape index (κ1) is 15.2. The lowest BCUT2D eigenvalue weighted by molar-refractivity contribution is -0.188. The van der Waals surface area contributed by atoms with Gasteiger partial charge in [0.25, 0.3) is 0 Å². The summed E-state index contributed by atoms with van der Waals surface area (Å²) in [5.41, 5.74) is -0.0837. The molecule has 3 aliphatic heterocycles. The Hall–Kier alpha value is -0.750. The van der Waals surface area contributed by atoms with Crippen molar-refractivity contribution in [2.24, 2.45) is 5.92 Å². The van der Waals surface area contributed by atoms with E-state index in [9.17, 15) is 9.59 Å². The van der Waals surface area contributed by atoms with Crippen LogP contribution in [0.4, 0.5) is 0 Å². The van der Waals surface area contributed by atoms with Crippen LogP contribution in [0.2, 0.25) is 0 Å². The molecule has 1 spiro atoms. The Kier molecular flexibility index (Phi) is 4.45. The second-order valence-electron chi connectivity index (χ2n) is 6.52. The Morgan fingerprint density at radius 1 is 1.48 bits per heavy atom. The van der Waals surface area contributed by atoms with Gasteiger partial charge in [-0.05, 0) is 25.5 Å². The number of carbonyl (C=O) groups is 2. The highest BCUT2D eigenvalue weighted by atomic mass is 32.2. The van der Waals surface area contributed by atoms with Crippen LogP contribution in [0, 0.1) is 5.92 Å². The van der Waals surface area contributed by atoms with E-state index >= 15 is 0 Å². The minimum absolute atomic E-state index is 0.0837. The van der Waals surface area contributed by atoms with E-state index in [1.54, 1.807) is 11.8 Å². The lowest BCUT2D eigenvalue weighted by atomic mass is 9.83. The number of likely N-dealkylation sites (tertiary alicyclic amines) is 2. The van der Waals surface area contributed by atoms with Crippen molar-refractivity contribution in [2.45, 2.75) is 31.3 Å². The molecule has 0 aromatic rings. The third-order valence-electron chi connectivity index (χ3n) is 4.86. The lowest BCUT2D eigenvalue weighted by Gasteiger charge is -2.53. The summed E-state index contributed by atoms with van der Waals surface area (Å²) in [4.78, 5) is 27.3. The minimum atomic E-state index is -0.0837. The standard InChI is InChI=1S/C15H24N2O3S/c1-21-9-14(19)17-10-15(11-17)5-4-12(8-20-15)7-16-6-2-3-13(16)18/h12H,2-11H2,1H3. The van der Waals surface area contributed by atoms with Gasteiger partial charge in [-0.25, -0.2) is 0 Å². The number of thioether (sulfide) groups is 1. The molecule has 2 amide bonds. The summed E-state index contributed by atoms with van der Waals surface area (Å²) in [6, 6.07) is 0. The SMILES string of the molecule is CSCC(=O)N1CC2(CCC(CN3CCCC3=O)CO2)C1. The van der Waals surface area contributed by atoms with E-state index in [0.29, 0.717) is 24.0 Å². The third-order valence-corrected chi connectivity index (χ3v) is 5.40. The van der Waals surface area contributed by atoms with E-state index in [-0.39, 0.29) is 11.5 Å². The van der Waals surface area contributed by atoms with Gasteiger partial charge in [0.1, 0.15) is 5.60 Å². The Morgan fingerprint density at radius 3 is 2.86 bits per heavy atom. The Balaban J connectivity index is 1.42. The maximum Gasteiger partial charge on any atom is 0.232 e. The fourth-order valence-corrected chi connectivity index (χ4v) is 3.99. The van der Waals surface area contributed by atoms with Crippen LogP contribution < -0.4 is 0 Å². The first-order chi connectivity index (χ1) is 10.1. The van der Waals surface area contributed by atoms with Crippen molar-refractivity contribution in [1.29, 1.82) is 0 Å². The predicted octanol–water partition coefficient (Wildman–Crippen LogP) is 0.979. The molecular weight excluding hydrogens is 288 g/mol. The first-order valence-electron chi connectivity index (χ1n) is 7.80. The molecule has 21 heavy (non-hydrogen) atoms. The second-order valence-corrected chi connectivity index (χ2v) is 7.39. The normalized spacial score (nSPS) is 28.0. The largest absolute Gasteiger partial charge is 0.371 e. The summed E-state index contributed by atoms with van der Waals surface area (Å²) in [6.45, 7) is 4.00. The molecule has 0 saturated carbocycles. The molecule has 6 heteroatoms. The Labute approximate surface area is 130 Å². The molecule has 5 nitrogen and oxygen atoms in total. The first-order valence-corrected chi connectivity index (χ1v) is 9.20. The van der Waals surface area contributed by atoms with Crippen LogP contribution in [0.5, 0.6) is 0 Å². The van der Waals surface area contributed by atoms with Gasteiger partial charge in [-0.3, -0.25) is 9.59 Å². The van der Waals surface area contributed by atoms with Crippen LogP contribution in [-0.4, -0.2) is 72.0 Å². The van der Waals surface area contributed by atoms with Gasteiger partial charge in [0, 0.05) is 25.4 Å². The predicted molar refractivity (Wildman–Crippen MR) is 82.2 cm³/mol. The average molecular weight is 312 g/mol. The van der Waals surface area contributed by atoms with Crippen LogP contribution in [0.1, 0.15) is 25.7 Å². The van der Waals surface area contributed by atoms with Gasteiger partial charge in [0.2, 0.25) is 11.8 Å². The molecule has 3 fully saturated rings. The highest BCUT2D eigenvalue weighted by Crippen LogP contribution is 2.36. The number of nitrogens with zero attached hydrogens (tertiary/aromatic N) is 2. The number of hydrogen-bond acceptors (Lipinski definition) is 4. The van der Waals surface area contributed by atoms with Crippen LogP contribution in [0.3, 0.4) is 0 Å². The summed E-state index contributed by atoms with van der Waals surface area (Å²) in [6.07, 6.45) is 5.79. The highest BCUT2D eigenvalue weighted by Gasteiger charge is 2.48. The van der Waals surface area contributed by atoms with Crippen molar-refractivity contribution < 1.29 is 14.3 Å². The van der Waals surface area contributed by atoms with E-state index < -0.39 is 0 Å².